The van der Waals surface area contributed by atoms with Crippen LogP contribution in [0.4, 0.5) is 5.13 Å². The number of carbonyl (C=O) groups is 1. The van der Waals surface area contributed by atoms with E-state index in [1.54, 1.807) is 29.9 Å². The summed E-state index contributed by atoms with van der Waals surface area (Å²) in [5.41, 5.74) is 1.62. The Balaban J connectivity index is 1.51. The molecule has 0 radical (unpaired) electrons. The van der Waals surface area contributed by atoms with Gasteiger partial charge in [0.1, 0.15) is 5.75 Å². The van der Waals surface area contributed by atoms with Crippen LogP contribution < -0.4 is 14.8 Å². The zero-order chi connectivity index (χ0) is 20.7. The minimum atomic E-state index is -3.74. The molecule has 10 heteroatoms. The number of nitrogens with zero attached hydrogens (tertiary/aromatic N) is 2. The number of hydrogen-bond acceptors (Lipinski definition) is 7. The fourth-order valence-corrected chi connectivity index (χ4v) is 4.43. The van der Waals surface area contributed by atoms with Crippen molar-refractivity contribution >= 4 is 32.4 Å². The van der Waals surface area contributed by atoms with Crippen molar-refractivity contribution in [3.05, 3.63) is 65.4 Å². The number of nitrogens with one attached hydrogen (secondary N) is 2. The summed E-state index contributed by atoms with van der Waals surface area (Å²) in [6, 6.07) is 9.74. The zero-order valence-electron chi connectivity index (χ0n) is 15.7. The van der Waals surface area contributed by atoms with Crippen molar-refractivity contribution in [2.45, 2.75) is 24.3 Å². The van der Waals surface area contributed by atoms with E-state index in [0.29, 0.717) is 24.4 Å². The number of sulfonamides is 1. The van der Waals surface area contributed by atoms with Gasteiger partial charge in [0, 0.05) is 30.7 Å². The molecule has 0 spiro atoms. The zero-order valence-corrected chi connectivity index (χ0v) is 17.3. The Labute approximate surface area is 173 Å². The van der Waals surface area contributed by atoms with Gasteiger partial charge in [-0.05, 0) is 48.4 Å². The Morgan fingerprint density at radius 3 is 2.55 bits per heavy atom. The highest BCUT2D eigenvalue weighted by molar-refractivity contribution is 7.93. The molecular weight excluding hydrogens is 412 g/mol. The van der Waals surface area contributed by atoms with Crippen LogP contribution in [0.3, 0.4) is 0 Å². The van der Waals surface area contributed by atoms with Gasteiger partial charge in [-0.1, -0.05) is 0 Å². The van der Waals surface area contributed by atoms with Gasteiger partial charge in [-0.2, -0.15) is 0 Å². The summed E-state index contributed by atoms with van der Waals surface area (Å²) in [5, 5.41) is 4.83. The summed E-state index contributed by atoms with van der Waals surface area (Å²) in [6.45, 7) is 0.436. The molecule has 0 fully saturated rings. The molecule has 2 heterocycles. The molecule has 0 atom stereocenters. The number of benzene rings is 1. The first-order valence-electron chi connectivity index (χ1n) is 8.73. The van der Waals surface area contributed by atoms with Crippen molar-refractivity contribution in [3.8, 4) is 5.75 Å². The largest absolute Gasteiger partial charge is 0.497 e. The molecule has 29 heavy (non-hydrogen) atoms. The molecule has 0 aliphatic rings. The molecule has 1 aromatic carbocycles. The summed E-state index contributed by atoms with van der Waals surface area (Å²) in [7, 11) is -2.23. The van der Waals surface area contributed by atoms with Crippen LogP contribution in [0.5, 0.6) is 5.75 Å². The van der Waals surface area contributed by atoms with Crippen molar-refractivity contribution in [2.24, 2.45) is 0 Å². The van der Waals surface area contributed by atoms with Gasteiger partial charge >= 0.3 is 0 Å². The number of aromatic nitrogens is 2. The molecule has 3 rings (SSSR count). The number of methoxy groups -OCH3 is 1. The highest BCUT2D eigenvalue weighted by Crippen LogP contribution is 2.22. The maximum Gasteiger partial charge on any atom is 0.263 e. The summed E-state index contributed by atoms with van der Waals surface area (Å²) in [6.07, 6.45) is 4.03. The third-order valence-corrected chi connectivity index (χ3v) is 6.28. The Morgan fingerprint density at radius 2 is 1.86 bits per heavy atom. The molecule has 2 aromatic heterocycles. The quantitative estimate of drug-likeness (QED) is 0.538. The van der Waals surface area contributed by atoms with Gasteiger partial charge < -0.3 is 10.1 Å². The van der Waals surface area contributed by atoms with Gasteiger partial charge in [-0.25, -0.2) is 13.4 Å². The molecule has 2 N–H and O–H groups in total. The minimum absolute atomic E-state index is 0.102. The molecule has 1 amide bonds. The first kappa shape index (κ1) is 20.7. The summed E-state index contributed by atoms with van der Waals surface area (Å²) in [5.74, 6) is 0.470. The normalized spacial score (nSPS) is 11.1. The van der Waals surface area contributed by atoms with Crippen LogP contribution in [0.2, 0.25) is 0 Å². The number of pyridine rings is 1. The molecule has 152 valence electrons. The molecule has 0 unspecified atom stereocenters. The molecular formula is C19H20N4O4S2. The number of anilines is 1. The van der Waals surface area contributed by atoms with Gasteiger partial charge in [0.25, 0.3) is 10.0 Å². The Morgan fingerprint density at radius 1 is 1.14 bits per heavy atom. The molecule has 3 aromatic rings. The van der Waals surface area contributed by atoms with Crippen molar-refractivity contribution in [1.82, 2.24) is 15.3 Å². The number of carbonyl (C=O) groups excluding carboxylic acids is 1. The van der Waals surface area contributed by atoms with Gasteiger partial charge in [-0.3, -0.25) is 14.5 Å². The standard InChI is InChI=1S/C19H20N4O4S2/c1-27-16-3-5-17(6-4-16)29(25,26)23-19-22-15(13-28-19)2-7-18(24)21-12-14-8-10-20-11-9-14/h3-6,8-11,13H,2,7,12H2,1H3,(H,21,24)(H,22,23). The van der Waals surface area contributed by atoms with Crippen molar-refractivity contribution < 1.29 is 17.9 Å². The van der Waals surface area contributed by atoms with E-state index in [9.17, 15) is 13.2 Å². The predicted octanol–water partition coefficient (Wildman–Crippen LogP) is 2.60. The number of ether oxygens (including phenoxy) is 1. The average molecular weight is 433 g/mol. The smallest absolute Gasteiger partial charge is 0.263 e. The summed E-state index contributed by atoms with van der Waals surface area (Å²) >= 11 is 1.18. The van der Waals surface area contributed by atoms with Crippen molar-refractivity contribution in [1.29, 1.82) is 0 Å². The van der Waals surface area contributed by atoms with E-state index in [4.69, 9.17) is 4.74 Å². The minimum Gasteiger partial charge on any atom is -0.497 e. The highest BCUT2D eigenvalue weighted by atomic mass is 32.2. The fourth-order valence-electron chi connectivity index (χ4n) is 2.43. The van der Waals surface area contributed by atoms with Crippen LogP contribution >= 0.6 is 11.3 Å². The van der Waals surface area contributed by atoms with Crippen LogP contribution in [0.1, 0.15) is 17.7 Å². The van der Waals surface area contributed by atoms with Gasteiger partial charge in [-0.15, -0.1) is 11.3 Å². The summed E-state index contributed by atoms with van der Waals surface area (Å²) < 4.78 is 32.4. The van der Waals surface area contributed by atoms with Crippen LogP contribution in [0.15, 0.2) is 59.1 Å². The third-order valence-electron chi connectivity index (χ3n) is 3.99. The predicted molar refractivity (Wildman–Crippen MR) is 110 cm³/mol. The lowest BCUT2D eigenvalue weighted by Crippen LogP contribution is -2.23. The van der Waals surface area contributed by atoms with Crippen molar-refractivity contribution in [2.75, 3.05) is 11.8 Å². The molecule has 0 saturated heterocycles. The summed E-state index contributed by atoms with van der Waals surface area (Å²) in [4.78, 5) is 20.3. The van der Waals surface area contributed by atoms with Crippen LogP contribution in [-0.4, -0.2) is 31.4 Å². The maximum atomic E-state index is 12.4. The number of rotatable bonds is 9. The van der Waals surface area contributed by atoms with Crippen LogP contribution in [0, 0.1) is 0 Å². The first-order valence-corrected chi connectivity index (χ1v) is 11.1. The average Bonchev–Trinajstić information content (AvgIpc) is 3.18. The van der Waals surface area contributed by atoms with Gasteiger partial charge in [0.2, 0.25) is 5.91 Å². The maximum absolute atomic E-state index is 12.4. The van der Waals surface area contributed by atoms with E-state index in [1.165, 1.54) is 30.6 Å². The molecule has 0 bridgehead atoms. The Hall–Kier alpha value is -2.98. The number of amides is 1. The van der Waals surface area contributed by atoms with Gasteiger partial charge in [0.15, 0.2) is 5.13 Å². The first-order chi connectivity index (χ1) is 14.0. The lowest BCUT2D eigenvalue weighted by atomic mass is 10.2. The van der Waals surface area contributed by atoms with E-state index in [0.717, 1.165) is 5.56 Å². The monoisotopic (exact) mass is 432 g/mol. The number of thiazole rings is 1. The fraction of sp³-hybridized carbons (Fsp3) is 0.211. The van der Waals surface area contributed by atoms with E-state index in [-0.39, 0.29) is 22.4 Å². The lowest BCUT2D eigenvalue weighted by Gasteiger charge is -2.06. The molecule has 0 aliphatic carbocycles. The van der Waals surface area contributed by atoms with E-state index >= 15 is 0 Å². The van der Waals surface area contributed by atoms with Crippen LogP contribution in [-0.2, 0) is 27.8 Å². The second kappa shape index (κ2) is 9.48. The topological polar surface area (TPSA) is 110 Å². The van der Waals surface area contributed by atoms with E-state index in [2.05, 4.69) is 20.0 Å². The van der Waals surface area contributed by atoms with E-state index < -0.39 is 10.0 Å². The Bertz CT molecular complexity index is 1050. The highest BCUT2D eigenvalue weighted by Gasteiger charge is 2.16. The van der Waals surface area contributed by atoms with Gasteiger partial charge in [0.05, 0.1) is 17.7 Å². The lowest BCUT2D eigenvalue weighted by molar-refractivity contribution is -0.121. The second-order valence-corrected chi connectivity index (χ2v) is 8.60. The molecule has 0 saturated carbocycles. The third kappa shape index (κ3) is 6.00. The Kier molecular flexibility index (Phi) is 6.78. The second-order valence-electron chi connectivity index (χ2n) is 6.06. The number of hydrogen-bond donors (Lipinski definition) is 2. The molecule has 8 nitrogen and oxygen atoms in total. The molecule has 0 aliphatic heterocycles. The SMILES string of the molecule is COc1ccc(S(=O)(=O)Nc2nc(CCC(=O)NCc3ccncc3)cs2)cc1. The van der Waals surface area contributed by atoms with Crippen LogP contribution in [0.25, 0.3) is 0 Å². The van der Waals surface area contributed by atoms with Crippen molar-refractivity contribution in [3.63, 3.8) is 0 Å². The number of aryl methyl sites for hydroxylation is 1. The van der Waals surface area contributed by atoms with E-state index in [1.807, 2.05) is 12.1 Å².